The van der Waals surface area contributed by atoms with E-state index < -0.39 is 0 Å². The molecule has 1 aromatic heterocycles. The van der Waals surface area contributed by atoms with Crippen LogP contribution in [0, 0.1) is 0 Å². The predicted molar refractivity (Wildman–Crippen MR) is 109 cm³/mol. The highest BCUT2D eigenvalue weighted by molar-refractivity contribution is 8.26. The van der Waals surface area contributed by atoms with Gasteiger partial charge in [0.2, 0.25) is 0 Å². The van der Waals surface area contributed by atoms with E-state index >= 15 is 0 Å². The second kappa shape index (κ2) is 6.67. The lowest BCUT2D eigenvalue weighted by molar-refractivity contribution is -0.115. The predicted octanol–water partition coefficient (Wildman–Crippen LogP) is 4.83. The summed E-state index contributed by atoms with van der Waals surface area (Å²) in [6.07, 6.45) is 3.96. The summed E-state index contributed by atoms with van der Waals surface area (Å²) >= 11 is 12.5. The molecule has 0 aliphatic carbocycles. The molecular weight excluding hydrogens is 372 g/mol. The van der Waals surface area contributed by atoms with Crippen LogP contribution >= 0.6 is 35.6 Å². The monoisotopic (exact) mass is 384 g/mol. The van der Waals surface area contributed by atoms with Crippen LogP contribution in [0.1, 0.15) is 11.1 Å². The van der Waals surface area contributed by atoms with E-state index in [2.05, 4.69) is 34.3 Å². The highest BCUT2D eigenvalue weighted by Crippen LogP contribution is 2.30. The number of halogens is 1. The Hall–Kier alpha value is -2.08. The Labute approximate surface area is 159 Å². The SMILES string of the molecule is O=C1NC(=S)S/C1=C\c1cn(Cc2cccc(Cl)c2)c2ccccc12. The Balaban J connectivity index is 1.78. The van der Waals surface area contributed by atoms with E-state index in [0.717, 1.165) is 27.1 Å². The fraction of sp³-hybridized carbons (Fsp3) is 0.0526. The van der Waals surface area contributed by atoms with Crippen LogP contribution < -0.4 is 5.32 Å². The zero-order valence-corrected chi connectivity index (χ0v) is 15.4. The summed E-state index contributed by atoms with van der Waals surface area (Å²) in [5.41, 5.74) is 3.24. The summed E-state index contributed by atoms with van der Waals surface area (Å²) in [4.78, 5) is 12.6. The van der Waals surface area contributed by atoms with Crippen molar-refractivity contribution in [2.24, 2.45) is 0 Å². The molecule has 1 fully saturated rings. The molecule has 0 atom stereocenters. The van der Waals surface area contributed by atoms with Gasteiger partial charge in [-0.1, -0.05) is 65.9 Å². The number of rotatable bonds is 3. The lowest BCUT2D eigenvalue weighted by Gasteiger charge is -2.05. The third-order valence-electron chi connectivity index (χ3n) is 3.99. The van der Waals surface area contributed by atoms with Crippen LogP contribution in [0.2, 0.25) is 5.02 Å². The molecule has 124 valence electrons. The smallest absolute Gasteiger partial charge is 0.263 e. The highest BCUT2D eigenvalue weighted by Gasteiger charge is 2.22. The minimum Gasteiger partial charge on any atom is -0.342 e. The van der Waals surface area contributed by atoms with Crippen LogP contribution in [-0.4, -0.2) is 14.8 Å². The molecule has 4 rings (SSSR count). The maximum atomic E-state index is 12.0. The van der Waals surface area contributed by atoms with E-state index in [1.807, 2.05) is 36.4 Å². The molecule has 1 aliphatic rings. The van der Waals surface area contributed by atoms with Crippen molar-refractivity contribution in [1.29, 1.82) is 0 Å². The molecule has 0 saturated carbocycles. The lowest BCUT2D eigenvalue weighted by atomic mass is 10.1. The number of fused-ring (bicyclic) bond motifs is 1. The van der Waals surface area contributed by atoms with Crippen LogP contribution in [-0.2, 0) is 11.3 Å². The van der Waals surface area contributed by atoms with Crippen molar-refractivity contribution in [3.05, 3.63) is 75.8 Å². The van der Waals surface area contributed by atoms with E-state index in [4.69, 9.17) is 23.8 Å². The van der Waals surface area contributed by atoms with Crippen LogP contribution in [0.4, 0.5) is 0 Å². The number of hydrogen-bond acceptors (Lipinski definition) is 3. The number of nitrogens with one attached hydrogen (secondary N) is 1. The Bertz CT molecular complexity index is 1040. The third-order valence-corrected chi connectivity index (χ3v) is 5.39. The number of thioether (sulfide) groups is 1. The summed E-state index contributed by atoms with van der Waals surface area (Å²) in [5, 5.41) is 4.48. The molecule has 25 heavy (non-hydrogen) atoms. The molecule has 0 radical (unpaired) electrons. The number of amides is 1. The Morgan fingerprint density at radius 1 is 1.20 bits per heavy atom. The topological polar surface area (TPSA) is 34.0 Å². The Kier molecular flexibility index (Phi) is 4.37. The van der Waals surface area contributed by atoms with Gasteiger partial charge in [-0.25, -0.2) is 0 Å². The molecular formula is C19H13ClN2OS2. The van der Waals surface area contributed by atoms with E-state index in [1.54, 1.807) is 0 Å². The molecule has 6 heteroatoms. The number of hydrogen-bond donors (Lipinski definition) is 1. The van der Waals surface area contributed by atoms with Crippen molar-refractivity contribution >= 4 is 62.8 Å². The fourth-order valence-corrected chi connectivity index (χ4v) is 4.16. The fourth-order valence-electron chi connectivity index (χ4n) is 2.92. The van der Waals surface area contributed by atoms with Crippen LogP contribution in [0.25, 0.3) is 17.0 Å². The number of carbonyl (C=O) groups excluding carboxylic acids is 1. The number of carbonyl (C=O) groups is 1. The molecule has 3 nitrogen and oxygen atoms in total. The van der Waals surface area contributed by atoms with Crippen molar-refractivity contribution in [3.63, 3.8) is 0 Å². The molecule has 2 aromatic carbocycles. The molecule has 2 heterocycles. The minimum atomic E-state index is -0.137. The molecule has 1 aliphatic heterocycles. The quantitative estimate of drug-likeness (QED) is 0.518. The lowest BCUT2D eigenvalue weighted by Crippen LogP contribution is -2.17. The van der Waals surface area contributed by atoms with Gasteiger partial charge in [-0.2, -0.15) is 0 Å². The van der Waals surface area contributed by atoms with Crippen molar-refractivity contribution in [1.82, 2.24) is 9.88 Å². The molecule has 3 aromatic rings. The zero-order chi connectivity index (χ0) is 17.4. The molecule has 0 unspecified atom stereocenters. The second-order valence-electron chi connectivity index (χ2n) is 5.71. The first-order valence-electron chi connectivity index (χ1n) is 7.67. The van der Waals surface area contributed by atoms with Crippen molar-refractivity contribution < 1.29 is 4.79 Å². The number of benzene rings is 2. The molecule has 1 amide bonds. The second-order valence-corrected chi connectivity index (χ2v) is 7.87. The third kappa shape index (κ3) is 3.35. The number of para-hydroxylation sites is 1. The van der Waals surface area contributed by atoms with Crippen molar-refractivity contribution in [3.8, 4) is 0 Å². The van der Waals surface area contributed by atoms with Crippen molar-refractivity contribution in [2.75, 3.05) is 0 Å². The van der Waals surface area contributed by atoms with Gasteiger partial charge in [-0.15, -0.1) is 0 Å². The van der Waals surface area contributed by atoms with Gasteiger partial charge in [0.1, 0.15) is 4.32 Å². The standard InChI is InChI=1S/C19H13ClN2OS2/c20-14-5-3-4-12(8-14)10-22-11-13(15-6-1-2-7-16(15)22)9-17-18(23)21-19(24)25-17/h1-9,11H,10H2,(H,21,23,24)/b17-9-. The minimum absolute atomic E-state index is 0.137. The average Bonchev–Trinajstić information content (AvgIpc) is 3.08. The highest BCUT2D eigenvalue weighted by atomic mass is 35.5. The van der Waals surface area contributed by atoms with Gasteiger partial charge in [-0.05, 0) is 29.8 Å². The van der Waals surface area contributed by atoms with E-state index in [-0.39, 0.29) is 5.91 Å². The normalized spacial score (nSPS) is 16.0. The summed E-state index contributed by atoms with van der Waals surface area (Å²) in [6.45, 7) is 0.710. The van der Waals surface area contributed by atoms with Gasteiger partial charge in [0.05, 0.1) is 4.91 Å². The summed E-state index contributed by atoms with van der Waals surface area (Å²) in [7, 11) is 0. The number of aromatic nitrogens is 1. The average molecular weight is 385 g/mol. The van der Waals surface area contributed by atoms with E-state index in [1.165, 1.54) is 11.8 Å². The van der Waals surface area contributed by atoms with Crippen LogP contribution in [0.15, 0.2) is 59.6 Å². The maximum absolute atomic E-state index is 12.0. The first-order chi connectivity index (χ1) is 12.1. The number of thiocarbonyl (C=S) groups is 1. The van der Waals surface area contributed by atoms with Crippen LogP contribution in [0.3, 0.4) is 0 Å². The van der Waals surface area contributed by atoms with Gasteiger partial charge in [0.15, 0.2) is 0 Å². The first kappa shape index (κ1) is 16.4. The first-order valence-corrected chi connectivity index (χ1v) is 9.27. The zero-order valence-electron chi connectivity index (χ0n) is 13.0. The van der Waals surface area contributed by atoms with E-state index in [9.17, 15) is 4.79 Å². The van der Waals surface area contributed by atoms with Gasteiger partial charge >= 0.3 is 0 Å². The molecule has 0 bridgehead atoms. The largest absolute Gasteiger partial charge is 0.342 e. The van der Waals surface area contributed by atoms with Crippen molar-refractivity contribution in [2.45, 2.75) is 6.54 Å². The van der Waals surface area contributed by atoms with Gasteiger partial charge in [0, 0.05) is 34.2 Å². The Morgan fingerprint density at radius 2 is 2.04 bits per heavy atom. The van der Waals surface area contributed by atoms with Gasteiger partial charge in [-0.3, -0.25) is 4.79 Å². The van der Waals surface area contributed by atoms with Gasteiger partial charge in [0.25, 0.3) is 5.91 Å². The maximum Gasteiger partial charge on any atom is 0.263 e. The Morgan fingerprint density at radius 3 is 2.80 bits per heavy atom. The molecule has 1 saturated heterocycles. The van der Waals surface area contributed by atoms with Crippen LogP contribution in [0.5, 0.6) is 0 Å². The summed E-state index contributed by atoms with van der Waals surface area (Å²) in [6, 6.07) is 16.0. The van der Waals surface area contributed by atoms with Gasteiger partial charge < -0.3 is 9.88 Å². The molecule has 0 spiro atoms. The summed E-state index contributed by atoms with van der Waals surface area (Å²) in [5.74, 6) is -0.137. The number of nitrogens with zero attached hydrogens (tertiary/aromatic N) is 1. The molecule has 1 N–H and O–H groups in total. The summed E-state index contributed by atoms with van der Waals surface area (Å²) < 4.78 is 2.67. The van der Waals surface area contributed by atoms with E-state index in [0.29, 0.717) is 15.8 Å².